The average Bonchev–Trinajstić information content (AvgIpc) is 3.26. The second kappa shape index (κ2) is 12.5. The van der Waals surface area contributed by atoms with Gasteiger partial charge in [0.25, 0.3) is 0 Å². The molecule has 4 aliphatic rings. The van der Waals surface area contributed by atoms with Gasteiger partial charge in [0, 0.05) is 18.5 Å². The number of hydrogen-bond acceptors (Lipinski definition) is 6. The predicted molar refractivity (Wildman–Crippen MR) is 162 cm³/mol. The summed E-state index contributed by atoms with van der Waals surface area (Å²) in [6.45, 7) is 12.9. The van der Waals surface area contributed by atoms with E-state index in [1.165, 1.54) is 5.56 Å². The number of amides is 1. The molecule has 6 atom stereocenters. The molecule has 5 rings (SSSR count). The first-order valence-corrected chi connectivity index (χ1v) is 17.2. The van der Waals surface area contributed by atoms with Gasteiger partial charge in [-0.15, -0.1) is 0 Å². The molecular formula is C31H49BN2O6S. The van der Waals surface area contributed by atoms with Crippen LogP contribution in [0.15, 0.2) is 24.3 Å². The summed E-state index contributed by atoms with van der Waals surface area (Å²) in [7, 11) is -4.15. The largest absolute Gasteiger partial charge is 0.481 e. The number of ketones is 1. The highest BCUT2D eigenvalue weighted by atomic mass is 32.2. The van der Waals surface area contributed by atoms with E-state index in [-0.39, 0.29) is 42.1 Å². The smallest absolute Gasteiger partial charge is 0.404 e. The molecule has 1 heterocycles. The van der Waals surface area contributed by atoms with Crippen LogP contribution in [0.2, 0.25) is 0 Å². The molecule has 10 heteroatoms. The Morgan fingerprint density at radius 2 is 1.80 bits per heavy atom. The quantitative estimate of drug-likeness (QED) is 0.244. The second-order valence-electron chi connectivity index (χ2n) is 13.8. The summed E-state index contributed by atoms with van der Waals surface area (Å²) >= 11 is 0. The Labute approximate surface area is 247 Å². The Bertz CT molecular complexity index is 1200. The van der Waals surface area contributed by atoms with Crippen LogP contribution in [-0.2, 0) is 30.5 Å². The first-order chi connectivity index (χ1) is 19.1. The van der Waals surface area contributed by atoms with E-state index in [0.717, 1.165) is 38.4 Å². The molecule has 3 saturated carbocycles. The van der Waals surface area contributed by atoms with Gasteiger partial charge < -0.3 is 14.6 Å². The minimum Gasteiger partial charge on any atom is -0.404 e. The number of sulfonamides is 1. The molecule has 2 N–H and O–H groups in total. The first-order valence-electron chi connectivity index (χ1n) is 15.3. The highest BCUT2D eigenvalue weighted by Crippen LogP contribution is 2.65. The third-order valence-corrected chi connectivity index (χ3v) is 10.5. The SMILES string of the molecule is CCCCc1ccc(C(=O)C[C@@H](CNS(C)(=O)=O)C(=O)N[C@@H](CC(C)C)B2O[C@@H]3C[C@H]4C[C@H](C4(C)C)[C@]3(C)O2)cc1. The van der Waals surface area contributed by atoms with Gasteiger partial charge in [0.05, 0.1) is 29.8 Å². The van der Waals surface area contributed by atoms with Crippen LogP contribution >= 0.6 is 0 Å². The van der Waals surface area contributed by atoms with Crippen LogP contribution in [-0.4, -0.2) is 57.7 Å². The van der Waals surface area contributed by atoms with Crippen molar-refractivity contribution in [1.82, 2.24) is 10.0 Å². The molecule has 0 spiro atoms. The third-order valence-electron chi connectivity index (χ3n) is 9.84. The molecule has 1 saturated heterocycles. The van der Waals surface area contributed by atoms with E-state index in [0.29, 0.717) is 23.8 Å². The summed E-state index contributed by atoms with van der Waals surface area (Å²) in [6.07, 6.45) is 6.78. The Morgan fingerprint density at radius 1 is 1.12 bits per heavy atom. The molecule has 0 unspecified atom stereocenters. The van der Waals surface area contributed by atoms with Gasteiger partial charge in [0.15, 0.2) is 5.78 Å². The van der Waals surface area contributed by atoms with Crippen LogP contribution in [0.5, 0.6) is 0 Å². The van der Waals surface area contributed by atoms with Gasteiger partial charge in [-0.1, -0.05) is 65.3 Å². The monoisotopic (exact) mass is 588 g/mol. The standard InChI is InChI=1S/C31H49BN2O6S/c1-8-9-10-21-11-13-22(14-12-21)25(35)16-23(19-33-41(7,37)38)29(36)34-28(15-20(2)3)32-39-27-18-24-17-26(30(24,4)5)31(27,6)40-32/h11-14,20,23-24,26-28,33H,8-10,15-19H2,1-7H3,(H,34,36)/t23-,24+,26+,27+,28-,31-/m0/s1. The second-order valence-corrected chi connectivity index (χ2v) is 15.7. The van der Waals surface area contributed by atoms with Crippen LogP contribution in [0.4, 0.5) is 0 Å². The van der Waals surface area contributed by atoms with Gasteiger partial charge in [-0.25, -0.2) is 13.1 Å². The highest BCUT2D eigenvalue weighted by molar-refractivity contribution is 7.88. The summed E-state index contributed by atoms with van der Waals surface area (Å²) in [5, 5.41) is 3.12. The summed E-state index contributed by atoms with van der Waals surface area (Å²) in [5.41, 5.74) is 1.48. The number of aryl methyl sites for hydroxylation is 1. The molecule has 228 valence electrons. The van der Waals surface area contributed by atoms with E-state index in [1.54, 1.807) is 12.1 Å². The van der Waals surface area contributed by atoms with Crippen molar-refractivity contribution >= 4 is 28.8 Å². The van der Waals surface area contributed by atoms with Crippen molar-refractivity contribution in [3.8, 4) is 0 Å². The van der Waals surface area contributed by atoms with Crippen LogP contribution in [0, 0.1) is 29.1 Å². The molecule has 8 nitrogen and oxygen atoms in total. The van der Waals surface area contributed by atoms with E-state index in [2.05, 4.69) is 51.6 Å². The Kier molecular flexibility index (Phi) is 9.78. The Balaban J connectivity index is 1.48. The van der Waals surface area contributed by atoms with E-state index < -0.39 is 34.6 Å². The Morgan fingerprint density at radius 3 is 2.39 bits per heavy atom. The van der Waals surface area contributed by atoms with Crippen molar-refractivity contribution in [2.24, 2.45) is 29.1 Å². The fourth-order valence-electron chi connectivity index (χ4n) is 7.21. The molecule has 1 aromatic carbocycles. The van der Waals surface area contributed by atoms with Crippen LogP contribution in [0.3, 0.4) is 0 Å². The zero-order chi connectivity index (χ0) is 30.2. The van der Waals surface area contributed by atoms with Crippen molar-refractivity contribution in [2.45, 2.75) is 104 Å². The molecule has 0 radical (unpaired) electrons. The number of unbranched alkanes of at least 4 members (excludes halogenated alkanes) is 1. The lowest BCUT2D eigenvalue weighted by Crippen LogP contribution is -2.65. The fraction of sp³-hybridized carbons (Fsp3) is 0.742. The van der Waals surface area contributed by atoms with Crippen molar-refractivity contribution in [3.05, 3.63) is 35.4 Å². The van der Waals surface area contributed by atoms with E-state index in [9.17, 15) is 18.0 Å². The number of rotatable bonds is 14. The molecule has 3 aliphatic carbocycles. The number of carbonyl (C=O) groups excluding carboxylic acids is 2. The molecule has 0 aromatic heterocycles. The zero-order valence-corrected chi connectivity index (χ0v) is 26.7. The minimum atomic E-state index is -3.56. The maximum atomic E-state index is 13.7. The lowest BCUT2D eigenvalue weighted by Gasteiger charge is -2.64. The summed E-state index contributed by atoms with van der Waals surface area (Å²) in [6, 6.07) is 7.49. The molecule has 1 aliphatic heterocycles. The predicted octanol–water partition coefficient (Wildman–Crippen LogP) is 4.57. The lowest BCUT2D eigenvalue weighted by molar-refractivity contribution is -0.199. The lowest BCUT2D eigenvalue weighted by atomic mass is 9.43. The normalized spacial score (nSPS) is 28.1. The van der Waals surface area contributed by atoms with Crippen LogP contribution in [0.1, 0.15) is 96.0 Å². The molecule has 2 bridgehead atoms. The van der Waals surface area contributed by atoms with Crippen LogP contribution in [0.25, 0.3) is 0 Å². The number of nitrogens with one attached hydrogen (secondary N) is 2. The zero-order valence-electron chi connectivity index (χ0n) is 25.9. The topological polar surface area (TPSA) is 111 Å². The van der Waals surface area contributed by atoms with Gasteiger partial charge in [-0.05, 0) is 67.8 Å². The minimum absolute atomic E-state index is 0.0135. The number of Topliss-reactive ketones (excluding diaryl/α,β-unsaturated/α-hetero) is 1. The van der Waals surface area contributed by atoms with Crippen molar-refractivity contribution in [2.75, 3.05) is 12.8 Å². The highest BCUT2D eigenvalue weighted by Gasteiger charge is 2.68. The van der Waals surface area contributed by atoms with Crippen molar-refractivity contribution in [1.29, 1.82) is 0 Å². The summed E-state index contributed by atoms with van der Waals surface area (Å²) in [4.78, 5) is 26.9. The van der Waals surface area contributed by atoms with E-state index in [4.69, 9.17) is 9.31 Å². The summed E-state index contributed by atoms with van der Waals surface area (Å²) < 4.78 is 39.4. The maximum absolute atomic E-state index is 13.7. The molecular weight excluding hydrogens is 539 g/mol. The van der Waals surface area contributed by atoms with Crippen LogP contribution < -0.4 is 10.0 Å². The fourth-order valence-corrected chi connectivity index (χ4v) is 7.71. The molecule has 1 amide bonds. The maximum Gasteiger partial charge on any atom is 0.481 e. The van der Waals surface area contributed by atoms with Gasteiger partial charge in [0.2, 0.25) is 15.9 Å². The average molecular weight is 589 g/mol. The number of benzene rings is 1. The van der Waals surface area contributed by atoms with E-state index >= 15 is 0 Å². The van der Waals surface area contributed by atoms with Gasteiger partial charge in [-0.2, -0.15) is 0 Å². The molecule has 41 heavy (non-hydrogen) atoms. The summed E-state index contributed by atoms with van der Waals surface area (Å²) in [5.74, 6) is -0.598. The Hall–Kier alpha value is -1.75. The molecule has 1 aromatic rings. The third kappa shape index (κ3) is 7.25. The first kappa shape index (κ1) is 32.2. The van der Waals surface area contributed by atoms with E-state index in [1.807, 2.05) is 12.1 Å². The van der Waals surface area contributed by atoms with Gasteiger partial charge >= 0.3 is 7.12 Å². The van der Waals surface area contributed by atoms with Crippen molar-refractivity contribution < 1.29 is 27.3 Å². The van der Waals surface area contributed by atoms with Gasteiger partial charge in [0.1, 0.15) is 0 Å². The van der Waals surface area contributed by atoms with Crippen molar-refractivity contribution in [3.63, 3.8) is 0 Å². The van der Waals surface area contributed by atoms with Gasteiger partial charge in [-0.3, -0.25) is 9.59 Å². The number of carbonyl (C=O) groups is 2. The molecule has 4 fully saturated rings. The number of hydrogen-bond donors (Lipinski definition) is 2.